The van der Waals surface area contributed by atoms with Gasteiger partial charge in [0, 0.05) is 18.4 Å². The van der Waals surface area contributed by atoms with E-state index in [2.05, 4.69) is 5.32 Å². The van der Waals surface area contributed by atoms with Crippen LogP contribution >= 0.6 is 0 Å². The number of nitrogens with one attached hydrogen (secondary N) is 1. The number of hydrogen-bond donors (Lipinski definition) is 3. The smallest absolute Gasteiger partial charge is 0.337 e. The van der Waals surface area contributed by atoms with Crippen LogP contribution < -0.4 is 5.32 Å². The Morgan fingerprint density at radius 3 is 2.58 bits per heavy atom. The molecule has 0 aliphatic carbocycles. The van der Waals surface area contributed by atoms with Crippen molar-refractivity contribution in [1.29, 1.82) is 0 Å². The summed E-state index contributed by atoms with van der Waals surface area (Å²) < 4.78 is 0. The van der Waals surface area contributed by atoms with Crippen molar-refractivity contribution in [1.82, 2.24) is 10.2 Å². The lowest BCUT2D eigenvalue weighted by atomic mass is 9.72. The van der Waals surface area contributed by atoms with Crippen LogP contribution in [0.25, 0.3) is 0 Å². The molecule has 6 nitrogen and oxygen atoms in total. The van der Waals surface area contributed by atoms with Crippen LogP contribution in [-0.2, 0) is 9.59 Å². The molecular weight excluding hydrogens is 248 g/mol. The lowest BCUT2D eigenvalue weighted by Gasteiger charge is -2.55. The number of hydrogen-bond acceptors (Lipinski definition) is 4. The van der Waals surface area contributed by atoms with Gasteiger partial charge in [-0.1, -0.05) is 13.8 Å². The first-order chi connectivity index (χ1) is 8.51. The molecule has 1 amide bonds. The van der Waals surface area contributed by atoms with Gasteiger partial charge in [-0.15, -0.1) is 0 Å². The lowest BCUT2D eigenvalue weighted by molar-refractivity contribution is -0.172. The molecule has 108 valence electrons. The molecule has 0 aromatic rings. The van der Waals surface area contributed by atoms with E-state index in [1.165, 1.54) is 6.92 Å². The molecule has 2 heterocycles. The van der Waals surface area contributed by atoms with Crippen LogP contribution in [0.3, 0.4) is 0 Å². The van der Waals surface area contributed by atoms with Crippen molar-refractivity contribution in [2.45, 2.75) is 57.8 Å². The molecule has 19 heavy (non-hydrogen) atoms. The zero-order valence-electron chi connectivity index (χ0n) is 11.9. The summed E-state index contributed by atoms with van der Waals surface area (Å²) in [7, 11) is 0. The van der Waals surface area contributed by atoms with Crippen LogP contribution in [0.1, 0.15) is 40.5 Å². The monoisotopic (exact) mass is 270 g/mol. The fraction of sp³-hybridized carbons (Fsp3) is 0.846. The summed E-state index contributed by atoms with van der Waals surface area (Å²) in [5, 5.41) is 22.7. The number of carbonyl (C=O) groups is 2. The average Bonchev–Trinajstić information content (AvgIpc) is 2.54. The maximum absolute atomic E-state index is 11.9. The normalized spacial score (nSPS) is 36.8. The Balaban J connectivity index is 2.37. The molecule has 2 fully saturated rings. The van der Waals surface area contributed by atoms with Crippen molar-refractivity contribution in [3.05, 3.63) is 0 Å². The fourth-order valence-electron chi connectivity index (χ4n) is 3.34. The van der Waals surface area contributed by atoms with Crippen molar-refractivity contribution in [2.24, 2.45) is 5.41 Å². The summed E-state index contributed by atoms with van der Waals surface area (Å²) in [6, 6.07) is -0.621. The second-order valence-corrected chi connectivity index (χ2v) is 6.77. The Labute approximate surface area is 112 Å². The number of aliphatic hydroxyl groups is 1. The van der Waals surface area contributed by atoms with Gasteiger partial charge in [-0.05, 0) is 20.3 Å². The summed E-state index contributed by atoms with van der Waals surface area (Å²) in [6.45, 7) is 7.38. The van der Waals surface area contributed by atoms with Crippen LogP contribution in [0.5, 0.6) is 0 Å². The molecule has 2 saturated heterocycles. The van der Waals surface area contributed by atoms with Crippen LogP contribution in [0, 0.1) is 5.41 Å². The zero-order valence-corrected chi connectivity index (χ0v) is 11.9. The number of aliphatic carboxylic acids is 1. The lowest BCUT2D eigenvalue weighted by Crippen LogP contribution is -2.74. The topological polar surface area (TPSA) is 89.9 Å². The molecule has 3 N–H and O–H groups in total. The molecule has 2 aliphatic rings. The average molecular weight is 270 g/mol. The second kappa shape index (κ2) is 3.93. The van der Waals surface area contributed by atoms with Gasteiger partial charge in [-0.2, -0.15) is 0 Å². The predicted molar refractivity (Wildman–Crippen MR) is 68.3 cm³/mol. The highest BCUT2D eigenvalue weighted by molar-refractivity contribution is 5.81. The van der Waals surface area contributed by atoms with E-state index >= 15 is 0 Å². The van der Waals surface area contributed by atoms with Gasteiger partial charge in [0.25, 0.3) is 0 Å². The first kappa shape index (κ1) is 14.3. The van der Waals surface area contributed by atoms with Gasteiger partial charge in [0.2, 0.25) is 5.91 Å². The Morgan fingerprint density at radius 2 is 2.05 bits per heavy atom. The van der Waals surface area contributed by atoms with Gasteiger partial charge in [0.1, 0.15) is 0 Å². The molecule has 0 spiro atoms. The van der Waals surface area contributed by atoms with Gasteiger partial charge in [0.05, 0.1) is 11.7 Å². The molecule has 0 aromatic heterocycles. The number of nitrogens with zero attached hydrogens (tertiary/aromatic N) is 1. The van der Waals surface area contributed by atoms with Gasteiger partial charge >= 0.3 is 5.97 Å². The van der Waals surface area contributed by atoms with Gasteiger partial charge in [-0.25, -0.2) is 4.79 Å². The molecule has 0 bridgehead atoms. The van der Waals surface area contributed by atoms with E-state index in [1.807, 2.05) is 20.8 Å². The van der Waals surface area contributed by atoms with E-state index in [0.29, 0.717) is 19.4 Å². The minimum atomic E-state index is -1.87. The van der Waals surface area contributed by atoms with Gasteiger partial charge in [0.15, 0.2) is 5.60 Å². The number of carboxylic acid groups (broad SMARTS) is 1. The Hall–Kier alpha value is -1.14. The van der Waals surface area contributed by atoms with Crippen LogP contribution in [0.15, 0.2) is 0 Å². The van der Waals surface area contributed by atoms with E-state index < -0.39 is 28.7 Å². The zero-order chi connectivity index (χ0) is 14.6. The maximum atomic E-state index is 11.9. The summed E-state index contributed by atoms with van der Waals surface area (Å²) in [6.07, 6.45) is 1.09. The molecule has 2 rings (SSSR count). The maximum Gasteiger partial charge on any atom is 0.337 e. The summed E-state index contributed by atoms with van der Waals surface area (Å²) in [5.41, 5.74) is -2.96. The number of rotatable bonds is 2. The molecule has 0 aromatic carbocycles. The third kappa shape index (κ3) is 2.03. The van der Waals surface area contributed by atoms with Crippen LogP contribution in [0.2, 0.25) is 0 Å². The fourth-order valence-corrected chi connectivity index (χ4v) is 3.34. The molecular formula is C13H22N2O4. The van der Waals surface area contributed by atoms with E-state index in [1.54, 1.807) is 4.90 Å². The van der Waals surface area contributed by atoms with Crippen molar-refractivity contribution in [3.8, 4) is 0 Å². The molecule has 3 unspecified atom stereocenters. The third-order valence-corrected chi connectivity index (χ3v) is 4.52. The van der Waals surface area contributed by atoms with Crippen molar-refractivity contribution < 1.29 is 19.8 Å². The van der Waals surface area contributed by atoms with Gasteiger partial charge < -0.3 is 15.1 Å². The summed E-state index contributed by atoms with van der Waals surface area (Å²) >= 11 is 0. The van der Waals surface area contributed by atoms with Crippen molar-refractivity contribution >= 4 is 11.9 Å². The molecule has 6 heteroatoms. The van der Waals surface area contributed by atoms with Crippen LogP contribution in [0.4, 0.5) is 0 Å². The van der Waals surface area contributed by atoms with E-state index in [4.69, 9.17) is 0 Å². The third-order valence-electron chi connectivity index (χ3n) is 4.52. The van der Waals surface area contributed by atoms with Gasteiger partial charge in [-0.3, -0.25) is 10.1 Å². The predicted octanol–water partition coefficient (Wildman–Crippen LogP) is 0.159. The first-order valence-corrected chi connectivity index (χ1v) is 6.55. The Bertz CT molecular complexity index is 432. The largest absolute Gasteiger partial charge is 0.479 e. The number of amides is 1. The molecule has 2 aliphatic heterocycles. The highest BCUT2D eigenvalue weighted by atomic mass is 16.4. The summed E-state index contributed by atoms with van der Waals surface area (Å²) in [4.78, 5) is 25.0. The van der Waals surface area contributed by atoms with E-state index in [-0.39, 0.29) is 5.91 Å². The van der Waals surface area contributed by atoms with Crippen molar-refractivity contribution in [3.63, 3.8) is 0 Å². The highest BCUT2D eigenvalue weighted by Crippen LogP contribution is 2.41. The molecule has 3 atom stereocenters. The second-order valence-electron chi connectivity index (χ2n) is 6.77. The van der Waals surface area contributed by atoms with E-state index in [0.717, 1.165) is 0 Å². The SMILES string of the molecule is CC1(C)CN2C(=O)CCC2(C)NC1C(C)(O)C(=O)O. The Kier molecular flexibility index (Phi) is 2.95. The Morgan fingerprint density at radius 1 is 1.47 bits per heavy atom. The standard InChI is InChI=1S/C13H22N2O4/c1-11(2)7-15-8(16)5-6-12(15,3)14-9(11)13(4,19)10(17)18/h9,14,19H,5-7H2,1-4H3,(H,17,18). The minimum absolute atomic E-state index is 0.0801. The quantitative estimate of drug-likeness (QED) is 0.665. The van der Waals surface area contributed by atoms with E-state index in [9.17, 15) is 19.8 Å². The molecule has 0 radical (unpaired) electrons. The number of carbonyl (C=O) groups excluding carboxylic acids is 1. The molecule has 0 saturated carbocycles. The van der Waals surface area contributed by atoms with Crippen molar-refractivity contribution in [2.75, 3.05) is 6.54 Å². The first-order valence-electron chi connectivity index (χ1n) is 6.55. The number of carboxylic acids is 1. The summed E-state index contributed by atoms with van der Waals surface area (Å²) in [5.74, 6) is -1.17. The van der Waals surface area contributed by atoms with Crippen LogP contribution in [-0.4, -0.2) is 50.8 Å². The minimum Gasteiger partial charge on any atom is -0.479 e. The highest BCUT2D eigenvalue weighted by Gasteiger charge is 2.58. The number of fused-ring (bicyclic) bond motifs is 1.